The molecule has 2 rings (SSSR count). The number of ether oxygens (including phenoxy) is 1. The molecule has 98 valence electrons. The van der Waals surface area contributed by atoms with Crippen molar-refractivity contribution < 1.29 is 13.9 Å². The summed E-state index contributed by atoms with van der Waals surface area (Å²) in [4.78, 5) is 12.0. The van der Waals surface area contributed by atoms with E-state index in [1.165, 1.54) is 25.3 Å². The van der Waals surface area contributed by atoms with E-state index in [0.717, 1.165) is 0 Å². The highest BCUT2D eigenvalue weighted by Gasteiger charge is 2.12. The highest BCUT2D eigenvalue weighted by atomic mass is 19.1. The van der Waals surface area contributed by atoms with E-state index in [4.69, 9.17) is 10.5 Å². The second-order valence-electron chi connectivity index (χ2n) is 3.89. The van der Waals surface area contributed by atoms with E-state index in [1.807, 2.05) is 0 Å². The molecular formula is C14H13FN2O2. The van der Waals surface area contributed by atoms with Crippen molar-refractivity contribution in [3.8, 4) is 5.75 Å². The number of anilines is 2. The molecule has 0 heterocycles. The number of carbonyl (C=O) groups is 1. The lowest BCUT2D eigenvalue weighted by molar-refractivity contribution is 0.102. The topological polar surface area (TPSA) is 64.3 Å². The van der Waals surface area contributed by atoms with E-state index in [1.54, 1.807) is 24.3 Å². The van der Waals surface area contributed by atoms with Crippen LogP contribution in [0.5, 0.6) is 5.75 Å². The summed E-state index contributed by atoms with van der Waals surface area (Å²) in [6, 6.07) is 10.8. The third-order valence-corrected chi connectivity index (χ3v) is 2.62. The molecule has 0 radical (unpaired) electrons. The smallest absolute Gasteiger partial charge is 0.255 e. The molecule has 3 N–H and O–H groups in total. The maximum atomic E-state index is 13.6. The van der Waals surface area contributed by atoms with Crippen molar-refractivity contribution in [3.05, 3.63) is 53.8 Å². The van der Waals surface area contributed by atoms with Gasteiger partial charge in [-0.15, -0.1) is 0 Å². The molecule has 2 aromatic rings. The summed E-state index contributed by atoms with van der Waals surface area (Å²) in [5, 5.41) is 2.45. The number of methoxy groups -OCH3 is 1. The minimum atomic E-state index is -0.573. The molecule has 0 aliphatic carbocycles. The molecule has 0 saturated carbocycles. The Hall–Kier alpha value is -2.56. The largest absolute Gasteiger partial charge is 0.497 e. The third-order valence-electron chi connectivity index (χ3n) is 2.62. The van der Waals surface area contributed by atoms with Gasteiger partial charge in [-0.1, -0.05) is 12.1 Å². The molecule has 0 saturated heterocycles. The van der Waals surface area contributed by atoms with Crippen LogP contribution in [0.1, 0.15) is 10.4 Å². The van der Waals surface area contributed by atoms with Gasteiger partial charge < -0.3 is 15.8 Å². The van der Waals surface area contributed by atoms with Crippen LogP contribution in [0.4, 0.5) is 15.8 Å². The van der Waals surface area contributed by atoms with Crippen molar-refractivity contribution in [3.63, 3.8) is 0 Å². The Kier molecular flexibility index (Phi) is 3.66. The predicted octanol–water partition coefficient (Wildman–Crippen LogP) is 2.67. The number of rotatable bonds is 3. The summed E-state index contributed by atoms with van der Waals surface area (Å²) >= 11 is 0. The molecule has 0 aliphatic rings. The Morgan fingerprint density at radius 3 is 2.68 bits per heavy atom. The zero-order valence-electron chi connectivity index (χ0n) is 10.3. The molecular weight excluding hydrogens is 247 g/mol. The van der Waals surface area contributed by atoms with Gasteiger partial charge in [-0.2, -0.15) is 0 Å². The number of carbonyl (C=O) groups excluding carboxylic acids is 1. The molecule has 4 nitrogen and oxygen atoms in total. The van der Waals surface area contributed by atoms with Crippen molar-refractivity contribution in [2.24, 2.45) is 0 Å². The van der Waals surface area contributed by atoms with Gasteiger partial charge in [-0.25, -0.2) is 4.39 Å². The molecule has 0 aliphatic heterocycles. The molecule has 0 spiro atoms. The molecule has 19 heavy (non-hydrogen) atoms. The first kappa shape index (κ1) is 12.9. The fourth-order valence-electron chi connectivity index (χ4n) is 1.62. The summed E-state index contributed by atoms with van der Waals surface area (Å²) in [5.41, 5.74) is 6.15. The number of halogens is 1. The summed E-state index contributed by atoms with van der Waals surface area (Å²) in [6.07, 6.45) is 0. The number of hydrogen-bond donors (Lipinski definition) is 2. The summed E-state index contributed by atoms with van der Waals surface area (Å²) in [6.45, 7) is 0. The first-order valence-electron chi connectivity index (χ1n) is 5.61. The van der Waals surface area contributed by atoms with Crippen molar-refractivity contribution >= 4 is 17.3 Å². The lowest BCUT2D eigenvalue weighted by atomic mass is 10.2. The fourth-order valence-corrected chi connectivity index (χ4v) is 1.62. The minimum Gasteiger partial charge on any atom is -0.497 e. The molecule has 1 amide bonds. The van der Waals surface area contributed by atoms with Gasteiger partial charge >= 0.3 is 0 Å². The zero-order chi connectivity index (χ0) is 13.8. The quantitative estimate of drug-likeness (QED) is 0.834. The molecule has 5 heteroatoms. The molecule has 0 atom stereocenters. The monoisotopic (exact) mass is 260 g/mol. The van der Waals surface area contributed by atoms with Gasteiger partial charge in [0.1, 0.15) is 17.3 Å². The lowest BCUT2D eigenvalue weighted by Crippen LogP contribution is -2.14. The Morgan fingerprint density at radius 2 is 2.00 bits per heavy atom. The maximum absolute atomic E-state index is 13.6. The van der Waals surface area contributed by atoms with Gasteiger partial charge in [-0.3, -0.25) is 4.79 Å². The van der Waals surface area contributed by atoms with E-state index in [9.17, 15) is 9.18 Å². The number of amides is 1. The Labute approximate surface area is 110 Å². The molecule has 2 aromatic carbocycles. The molecule has 0 aromatic heterocycles. The van der Waals surface area contributed by atoms with E-state index >= 15 is 0 Å². The first-order valence-corrected chi connectivity index (χ1v) is 5.61. The molecule has 0 bridgehead atoms. The van der Waals surface area contributed by atoms with Gasteiger partial charge in [0.15, 0.2) is 0 Å². The normalized spacial score (nSPS) is 10.0. The van der Waals surface area contributed by atoms with Crippen LogP contribution in [0.3, 0.4) is 0 Å². The SMILES string of the molecule is COc1cccc(C(=O)Nc2c(N)cccc2F)c1. The average molecular weight is 260 g/mol. The first-order chi connectivity index (χ1) is 9.11. The second kappa shape index (κ2) is 5.39. The predicted molar refractivity (Wildman–Crippen MR) is 71.8 cm³/mol. The van der Waals surface area contributed by atoms with Crippen LogP contribution in [-0.2, 0) is 0 Å². The zero-order valence-corrected chi connectivity index (χ0v) is 10.3. The van der Waals surface area contributed by atoms with Crippen LogP contribution in [-0.4, -0.2) is 13.0 Å². The van der Waals surface area contributed by atoms with Crippen molar-refractivity contribution in [2.75, 3.05) is 18.2 Å². The fraction of sp³-hybridized carbons (Fsp3) is 0.0714. The van der Waals surface area contributed by atoms with Crippen LogP contribution in [0.25, 0.3) is 0 Å². The standard InChI is InChI=1S/C14H13FN2O2/c1-19-10-5-2-4-9(8-10)14(18)17-13-11(15)6-3-7-12(13)16/h2-8H,16H2,1H3,(H,17,18). The minimum absolute atomic E-state index is 0.0182. The Balaban J connectivity index is 2.25. The molecule has 0 unspecified atom stereocenters. The second-order valence-corrected chi connectivity index (χ2v) is 3.89. The number of nitrogens with one attached hydrogen (secondary N) is 1. The van der Waals surface area contributed by atoms with Crippen LogP contribution in [0.15, 0.2) is 42.5 Å². The van der Waals surface area contributed by atoms with Gasteiger partial charge in [0.05, 0.1) is 12.8 Å². The van der Waals surface area contributed by atoms with Gasteiger partial charge in [-0.05, 0) is 30.3 Å². The van der Waals surface area contributed by atoms with E-state index in [-0.39, 0.29) is 11.4 Å². The highest BCUT2D eigenvalue weighted by molar-refractivity contribution is 6.06. The number of hydrogen-bond acceptors (Lipinski definition) is 3. The average Bonchev–Trinajstić information content (AvgIpc) is 2.43. The Morgan fingerprint density at radius 1 is 1.26 bits per heavy atom. The number of nitrogens with two attached hydrogens (primary N) is 1. The van der Waals surface area contributed by atoms with Gasteiger partial charge in [0, 0.05) is 5.56 Å². The van der Waals surface area contributed by atoms with E-state index in [2.05, 4.69) is 5.32 Å². The summed E-state index contributed by atoms with van der Waals surface area (Å²) in [7, 11) is 1.51. The summed E-state index contributed by atoms with van der Waals surface area (Å²) in [5.74, 6) is -0.471. The van der Waals surface area contributed by atoms with Crippen molar-refractivity contribution in [2.45, 2.75) is 0 Å². The van der Waals surface area contributed by atoms with Crippen LogP contribution >= 0.6 is 0 Å². The van der Waals surface area contributed by atoms with E-state index < -0.39 is 11.7 Å². The number of nitrogen functional groups attached to an aromatic ring is 1. The highest BCUT2D eigenvalue weighted by Crippen LogP contribution is 2.23. The number of para-hydroxylation sites is 1. The molecule has 0 fully saturated rings. The van der Waals surface area contributed by atoms with Gasteiger partial charge in [0.25, 0.3) is 5.91 Å². The van der Waals surface area contributed by atoms with Crippen molar-refractivity contribution in [1.82, 2.24) is 0 Å². The summed E-state index contributed by atoms with van der Waals surface area (Å²) < 4.78 is 18.6. The van der Waals surface area contributed by atoms with Crippen LogP contribution in [0, 0.1) is 5.82 Å². The Bertz CT molecular complexity index is 594. The van der Waals surface area contributed by atoms with Crippen molar-refractivity contribution in [1.29, 1.82) is 0 Å². The van der Waals surface area contributed by atoms with Crippen LogP contribution in [0.2, 0.25) is 0 Å². The van der Waals surface area contributed by atoms with Crippen LogP contribution < -0.4 is 15.8 Å². The van der Waals surface area contributed by atoms with Gasteiger partial charge in [0.2, 0.25) is 0 Å². The maximum Gasteiger partial charge on any atom is 0.255 e. The lowest BCUT2D eigenvalue weighted by Gasteiger charge is -2.09. The number of benzene rings is 2. The third kappa shape index (κ3) is 2.82. The van der Waals surface area contributed by atoms with E-state index in [0.29, 0.717) is 11.3 Å².